The fraction of sp³-hybridized carbons (Fsp3) is 0.0833. The number of alkyl halides is 3. The maximum Gasteiger partial charge on any atom is 0.418 e. The largest absolute Gasteiger partial charge is 0.418 e. The highest BCUT2D eigenvalue weighted by molar-refractivity contribution is 6.30. The molecule has 1 aromatic heterocycles. The summed E-state index contributed by atoms with van der Waals surface area (Å²) < 4.78 is 38.5. The van der Waals surface area contributed by atoms with Crippen LogP contribution in [0.4, 0.5) is 18.9 Å². The Morgan fingerprint density at radius 2 is 2.00 bits per heavy atom. The highest BCUT2D eigenvalue weighted by Gasteiger charge is 2.34. The standard InChI is InChI=1S/C12H7ClF3N3O/c13-7-1-2-9(8(5-7)12(14,15)16)19-11(20)10-6-17-3-4-18-10/h1-6H,(H,19,20). The summed E-state index contributed by atoms with van der Waals surface area (Å²) >= 11 is 5.54. The third-order valence-electron chi connectivity index (χ3n) is 2.33. The minimum atomic E-state index is -4.63. The van der Waals surface area contributed by atoms with E-state index in [1.165, 1.54) is 18.5 Å². The quantitative estimate of drug-likeness (QED) is 0.925. The lowest BCUT2D eigenvalue weighted by atomic mass is 10.1. The molecular formula is C12H7ClF3N3O. The van der Waals surface area contributed by atoms with Gasteiger partial charge in [0.25, 0.3) is 5.91 Å². The molecule has 104 valence electrons. The Hall–Kier alpha value is -2.15. The molecule has 0 aliphatic heterocycles. The van der Waals surface area contributed by atoms with E-state index in [1.807, 2.05) is 0 Å². The zero-order chi connectivity index (χ0) is 14.8. The van der Waals surface area contributed by atoms with Gasteiger partial charge in [-0.25, -0.2) is 4.98 Å². The number of benzene rings is 1. The normalized spacial score (nSPS) is 11.2. The van der Waals surface area contributed by atoms with E-state index in [4.69, 9.17) is 11.6 Å². The molecule has 0 bridgehead atoms. The lowest BCUT2D eigenvalue weighted by molar-refractivity contribution is -0.136. The summed E-state index contributed by atoms with van der Waals surface area (Å²) in [4.78, 5) is 19.1. The van der Waals surface area contributed by atoms with Crippen LogP contribution in [0, 0.1) is 0 Å². The topological polar surface area (TPSA) is 54.9 Å². The van der Waals surface area contributed by atoms with Crippen LogP contribution in [0.3, 0.4) is 0 Å². The van der Waals surface area contributed by atoms with Gasteiger partial charge in [-0.15, -0.1) is 0 Å². The van der Waals surface area contributed by atoms with Gasteiger partial charge in [0.15, 0.2) is 0 Å². The lowest BCUT2D eigenvalue weighted by Crippen LogP contribution is -2.17. The summed E-state index contributed by atoms with van der Waals surface area (Å²) in [6, 6.07) is 3.08. The lowest BCUT2D eigenvalue weighted by Gasteiger charge is -2.13. The predicted octanol–water partition coefficient (Wildman–Crippen LogP) is 3.40. The number of hydrogen-bond acceptors (Lipinski definition) is 3. The first kappa shape index (κ1) is 14.3. The van der Waals surface area contributed by atoms with Gasteiger partial charge >= 0.3 is 6.18 Å². The van der Waals surface area contributed by atoms with Crippen molar-refractivity contribution in [1.29, 1.82) is 0 Å². The highest BCUT2D eigenvalue weighted by Crippen LogP contribution is 2.36. The molecule has 1 N–H and O–H groups in total. The average molecular weight is 302 g/mol. The van der Waals surface area contributed by atoms with Crippen molar-refractivity contribution < 1.29 is 18.0 Å². The van der Waals surface area contributed by atoms with Crippen LogP contribution in [0.15, 0.2) is 36.8 Å². The van der Waals surface area contributed by atoms with Gasteiger partial charge in [-0.2, -0.15) is 13.2 Å². The molecular weight excluding hydrogens is 295 g/mol. The summed E-state index contributed by atoms with van der Waals surface area (Å²) in [7, 11) is 0. The summed E-state index contributed by atoms with van der Waals surface area (Å²) in [5.41, 5.74) is -1.50. The molecule has 0 aliphatic rings. The number of rotatable bonds is 2. The Bertz CT molecular complexity index is 632. The molecule has 0 radical (unpaired) electrons. The number of aromatic nitrogens is 2. The zero-order valence-corrected chi connectivity index (χ0v) is 10.5. The molecule has 0 saturated carbocycles. The third kappa shape index (κ3) is 3.24. The van der Waals surface area contributed by atoms with Crippen LogP contribution >= 0.6 is 11.6 Å². The van der Waals surface area contributed by atoms with Crippen LogP contribution in [0.1, 0.15) is 16.1 Å². The number of nitrogens with one attached hydrogen (secondary N) is 1. The number of amides is 1. The summed E-state index contributed by atoms with van der Waals surface area (Å²) in [6.07, 6.45) is -0.865. The molecule has 2 rings (SSSR count). The predicted molar refractivity (Wildman–Crippen MR) is 66.4 cm³/mol. The van der Waals surface area contributed by atoms with Crippen molar-refractivity contribution in [3.63, 3.8) is 0 Å². The van der Waals surface area contributed by atoms with E-state index in [0.29, 0.717) is 0 Å². The Kier molecular flexibility index (Phi) is 3.89. The van der Waals surface area contributed by atoms with Gasteiger partial charge in [0.05, 0.1) is 17.4 Å². The molecule has 8 heteroatoms. The summed E-state index contributed by atoms with van der Waals surface area (Å²) in [5, 5.41) is 2.07. The van der Waals surface area contributed by atoms with Crippen molar-refractivity contribution in [2.75, 3.05) is 5.32 Å². The first-order chi connectivity index (χ1) is 9.38. The number of anilines is 1. The second-order valence-corrected chi connectivity index (χ2v) is 4.17. The highest BCUT2D eigenvalue weighted by atomic mass is 35.5. The number of halogens is 4. The second-order valence-electron chi connectivity index (χ2n) is 3.73. The van der Waals surface area contributed by atoms with E-state index < -0.39 is 23.3 Å². The molecule has 0 spiro atoms. The van der Waals surface area contributed by atoms with Crippen molar-refractivity contribution in [1.82, 2.24) is 9.97 Å². The smallest absolute Gasteiger partial charge is 0.320 e. The van der Waals surface area contributed by atoms with Crippen LogP contribution in [0.2, 0.25) is 5.02 Å². The summed E-state index contributed by atoms with van der Waals surface area (Å²) in [5.74, 6) is -0.786. The van der Waals surface area contributed by atoms with E-state index in [9.17, 15) is 18.0 Å². The van der Waals surface area contributed by atoms with Gasteiger partial charge in [0, 0.05) is 17.4 Å². The molecule has 20 heavy (non-hydrogen) atoms. The molecule has 4 nitrogen and oxygen atoms in total. The number of carbonyl (C=O) groups is 1. The minimum Gasteiger partial charge on any atom is -0.320 e. The Morgan fingerprint density at radius 1 is 1.25 bits per heavy atom. The maximum atomic E-state index is 12.8. The molecule has 2 aromatic rings. The van der Waals surface area contributed by atoms with Gasteiger partial charge in [0.2, 0.25) is 0 Å². The van der Waals surface area contributed by atoms with Gasteiger partial charge in [-0.05, 0) is 18.2 Å². The Labute approximate surface area is 116 Å². The van der Waals surface area contributed by atoms with Crippen LogP contribution in [0.25, 0.3) is 0 Å². The van der Waals surface area contributed by atoms with E-state index in [-0.39, 0.29) is 10.7 Å². The third-order valence-corrected chi connectivity index (χ3v) is 2.57. The van der Waals surface area contributed by atoms with E-state index in [0.717, 1.165) is 18.3 Å². The minimum absolute atomic E-state index is 0.0742. The van der Waals surface area contributed by atoms with E-state index in [1.54, 1.807) is 0 Å². The molecule has 0 fully saturated rings. The number of carbonyl (C=O) groups excluding carboxylic acids is 1. The molecule has 0 unspecified atom stereocenters. The van der Waals surface area contributed by atoms with Gasteiger partial charge in [-0.3, -0.25) is 9.78 Å². The number of nitrogens with zero attached hydrogens (tertiary/aromatic N) is 2. The van der Waals surface area contributed by atoms with Crippen LogP contribution in [-0.2, 0) is 6.18 Å². The molecule has 0 aliphatic carbocycles. The van der Waals surface area contributed by atoms with Gasteiger partial charge in [0.1, 0.15) is 5.69 Å². The Morgan fingerprint density at radius 3 is 2.60 bits per heavy atom. The fourth-order valence-corrected chi connectivity index (χ4v) is 1.63. The van der Waals surface area contributed by atoms with Crippen molar-refractivity contribution in [3.05, 3.63) is 53.1 Å². The van der Waals surface area contributed by atoms with Crippen molar-refractivity contribution in [2.24, 2.45) is 0 Å². The van der Waals surface area contributed by atoms with Crippen molar-refractivity contribution in [3.8, 4) is 0 Å². The first-order valence-electron chi connectivity index (χ1n) is 5.32. The number of hydrogen-bond donors (Lipinski definition) is 1. The van der Waals surface area contributed by atoms with Crippen molar-refractivity contribution >= 4 is 23.2 Å². The van der Waals surface area contributed by atoms with Crippen LogP contribution < -0.4 is 5.32 Å². The van der Waals surface area contributed by atoms with Crippen LogP contribution in [-0.4, -0.2) is 15.9 Å². The summed E-state index contributed by atoms with van der Waals surface area (Å²) in [6.45, 7) is 0. The van der Waals surface area contributed by atoms with Crippen molar-refractivity contribution in [2.45, 2.75) is 6.18 Å². The molecule has 0 atom stereocenters. The SMILES string of the molecule is O=C(Nc1ccc(Cl)cc1C(F)(F)F)c1cnccn1. The van der Waals surface area contributed by atoms with E-state index in [2.05, 4.69) is 15.3 Å². The van der Waals surface area contributed by atoms with Crippen LogP contribution in [0.5, 0.6) is 0 Å². The second kappa shape index (κ2) is 5.46. The average Bonchev–Trinajstić information content (AvgIpc) is 2.40. The maximum absolute atomic E-state index is 12.8. The van der Waals surface area contributed by atoms with E-state index >= 15 is 0 Å². The molecule has 1 heterocycles. The monoisotopic (exact) mass is 301 g/mol. The fourth-order valence-electron chi connectivity index (χ4n) is 1.46. The Balaban J connectivity index is 2.33. The zero-order valence-electron chi connectivity index (χ0n) is 9.78. The van der Waals surface area contributed by atoms with Gasteiger partial charge < -0.3 is 5.32 Å². The molecule has 0 saturated heterocycles. The van der Waals surface area contributed by atoms with Gasteiger partial charge in [-0.1, -0.05) is 11.6 Å². The molecule has 1 aromatic carbocycles. The first-order valence-corrected chi connectivity index (χ1v) is 5.70. The molecule has 1 amide bonds.